The van der Waals surface area contributed by atoms with E-state index in [2.05, 4.69) is 38.1 Å². The number of carbonyl (C=O) groups excluding carboxylic acids is 1. The molecule has 2 aromatic rings. The maximum atomic E-state index is 12.5. The molecule has 126 valence electrons. The van der Waals surface area contributed by atoms with Crippen LogP contribution in [0.3, 0.4) is 0 Å². The fraction of sp³-hybridized carbons (Fsp3) is 0.500. The molecule has 4 unspecified atom stereocenters. The molecule has 2 aromatic carbocycles. The molecule has 0 spiro atoms. The second-order valence-corrected chi connectivity index (χ2v) is 7.78. The Morgan fingerprint density at radius 3 is 2.62 bits per heavy atom. The zero-order valence-electron chi connectivity index (χ0n) is 14.6. The molecular formula is C22H26O2. The van der Waals surface area contributed by atoms with Gasteiger partial charge in [-0.1, -0.05) is 44.5 Å². The van der Waals surface area contributed by atoms with Crippen molar-refractivity contribution in [3.63, 3.8) is 0 Å². The van der Waals surface area contributed by atoms with E-state index in [9.17, 15) is 4.79 Å². The van der Waals surface area contributed by atoms with E-state index in [-0.39, 0.29) is 11.9 Å². The maximum Gasteiger partial charge on any atom is 0.314 e. The van der Waals surface area contributed by atoms with Crippen molar-refractivity contribution in [2.24, 2.45) is 17.8 Å². The molecule has 0 heterocycles. The maximum absolute atomic E-state index is 12.5. The molecule has 4 atom stereocenters. The zero-order chi connectivity index (χ0) is 16.7. The lowest BCUT2D eigenvalue weighted by molar-refractivity contribution is -0.140. The summed E-state index contributed by atoms with van der Waals surface area (Å²) in [6, 6.07) is 12.6. The molecule has 2 bridgehead atoms. The summed E-state index contributed by atoms with van der Waals surface area (Å²) >= 11 is 0. The van der Waals surface area contributed by atoms with Gasteiger partial charge in [0.25, 0.3) is 0 Å². The van der Waals surface area contributed by atoms with Crippen molar-refractivity contribution in [3.8, 4) is 5.75 Å². The quantitative estimate of drug-likeness (QED) is 0.533. The number of carbonyl (C=O) groups is 1. The Balaban J connectivity index is 1.51. The SMILES string of the molecule is CCC(C)c1ccc2cc(OC(=O)C3CC4CCC3C4)ccc2c1. The first-order chi connectivity index (χ1) is 11.6. The number of benzene rings is 2. The van der Waals surface area contributed by atoms with Crippen LogP contribution in [0.1, 0.15) is 57.4 Å². The van der Waals surface area contributed by atoms with Gasteiger partial charge in [-0.2, -0.15) is 0 Å². The Kier molecular flexibility index (Phi) is 4.07. The molecule has 0 amide bonds. The van der Waals surface area contributed by atoms with Crippen molar-refractivity contribution >= 4 is 16.7 Å². The number of fused-ring (bicyclic) bond motifs is 3. The van der Waals surface area contributed by atoms with Crippen LogP contribution < -0.4 is 4.74 Å². The predicted octanol–water partition coefficient (Wildman–Crippen LogP) is 5.69. The second kappa shape index (κ2) is 6.23. The van der Waals surface area contributed by atoms with E-state index in [1.165, 1.54) is 30.2 Å². The minimum atomic E-state index is -0.0159. The summed E-state index contributed by atoms with van der Waals surface area (Å²) in [5.74, 6) is 2.71. The van der Waals surface area contributed by atoms with E-state index in [0.717, 1.165) is 24.1 Å². The summed E-state index contributed by atoms with van der Waals surface area (Å²) in [4.78, 5) is 12.5. The number of ether oxygens (including phenoxy) is 1. The third kappa shape index (κ3) is 2.83. The second-order valence-electron chi connectivity index (χ2n) is 7.78. The lowest BCUT2D eigenvalue weighted by Crippen LogP contribution is -2.25. The number of rotatable bonds is 4. The molecule has 2 aliphatic rings. The Morgan fingerprint density at radius 1 is 1.12 bits per heavy atom. The molecular weight excluding hydrogens is 296 g/mol. The van der Waals surface area contributed by atoms with E-state index in [0.29, 0.717) is 17.6 Å². The van der Waals surface area contributed by atoms with E-state index < -0.39 is 0 Å². The van der Waals surface area contributed by atoms with Crippen LogP contribution >= 0.6 is 0 Å². The van der Waals surface area contributed by atoms with Gasteiger partial charge in [-0.15, -0.1) is 0 Å². The van der Waals surface area contributed by atoms with Gasteiger partial charge in [0.1, 0.15) is 5.75 Å². The van der Waals surface area contributed by atoms with Gasteiger partial charge in [0.15, 0.2) is 0 Å². The first kappa shape index (κ1) is 15.7. The first-order valence-electron chi connectivity index (χ1n) is 9.39. The van der Waals surface area contributed by atoms with Crippen LogP contribution in [0.15, 0.2) is 36.4 Å². The molecule has 2 nitrogen and oxygen atoms in total. The monoisotopic (exact) mass is 322 g/mol. The summed E-state index contributed by atoms with van der Waals surface area (Å²) in [5, 5.41) is 2.35. The van der Waals surface area contributed by atoms with Gasteiger partial charge < -0.3 is 4.74 Å². The molecule has 2 aliphatic carbocycles. The van der Waals surface area contributed by atoms with Crippen LogP contribution in [0.4, 0.5) is 0 Å². The van der Waals surface area contributed by atoms with E-state index in [4.69, 9.17) is 4.74 Å². The van der Waals surface area contributed by atoms with Crippen LogP contribution in [0.5, 0.6) is 5.75 Å². The molecule has 2 saturated carbocycles. The van der Waals surface area contributed by atoms with Gasteiger partial charge in [0.05, 0.1) is 5.92 Å². The standard InChI is InChI=1S/C22H26O2/c1-3-14(2)16-6-7-18-13-20(9-8-17(18)12-16)24-22(23)21-11-15-4-5-19(21)10-15/h6-9,12-15,19,21H,3-5,10-11H2,1-2H3. The van der Waals surface area contributed by atoms with Gasteiger partial charge in [0.2, 0.25) is 0 Å². The van der Waals surface area contributed by atoms with E-state index >= 15 is 0 Å². The normalized spacial score (nSPS) is 26.7. The minimum absolute atomic E-state index is 0.0159. The van der Waals surface area contributed by atoms with E-state index in [1.54, 1.807) is 0 Å². The van der Waals surface area contributed by atoms with Crippen molar-refractivity contribution in [2.75, 3.05) is 0 Å². The highest BCUT2D eigenvalue weighted by Crippen LogP contribution is 2.48. The summed E-state index contributed by atoms with van der Waals surface area (Å²) in [7, 11) is 0. The van der Waals surface area contributed by atoms with Crippen LogP contribution in [0, 0.1) is 17.8 Å². The van der Waals surface area contributed by atoms with Crippen molar-refractivity contribution < 1.29 is 9.53 Å². The fourth-order valence-corrected chi connectivity index (χ4v) is 4.57. The highest BCUT2D eigenvalue weighted by molar-refractivity contribution is 5.86. The Labute approximate surface area is 144 Å². The van der Waals surface area contributed by atoms with Crippen molar-refractivity contribution in [1.29, 1.82) is 0 Å². The summed E-state index contributed by atoms with van der Waals surface area (Å²) in [6.45, 7) is 4.47. The van der Waals surface area contributed by atoms with Crippen LogP contribution in [-0.2, 0) is 4.79 Å². The van der Waals surface area contributed by atoms with Gasteiger partial charge >= 0.3 is 5.97 Å². The highest BCUT2D eigenvalue weighted by atomic mass is 16.5. The number of hydrogen-bond acceptors (Lipinski definition) is 2. The molecule has 4 rings (SSSR count). The average Bonchev–Trinajstić information content (AvgIpc) is 3.24. The number of esters is 1. The van der Waals surface area contributed by atoms with Crippen LogP contribution in [-0.4, -0.2) is 5.97 Å². The predicted molar refractivity (Wildman–Crippen MR) is 97.2 cm³/mol. The molecule has 0 N–H and O–H groups in total. The van der Waals surface area contributed by atoms with Gasteiger partial charge in [-0.3, -0.25) is 4.79 Å². The zero-order valence-corrected chi connectivity index (χ0v) is 14.6. The van der Waals surface area contributed by atoms with Gasteiger partial charge in [-0.05, 0) is 71.9 Å². The lowest BCUT2D eigenvalue weighted by atomic mass is 9.89. The summed E-state index contributed by atoms with van der Waals surface area (Å²) in [6.07, 6.45) is 5.93. The summed E-state index contributed by atoms with van der Waals surface area (Å²) in [5.41, 5.74) is 1.37. The van der Waals surface area contributed by atoms with Crippen molar-refractivity contribution in [2.45, 2.75) is 51.9 Å². The fourth-order valence-electron chi connectivity index (χ4n) is 4.57. The Bertz CT molecular complexity index is 764. The molecule has 2 fully saturated rings. The number of hydrogen-bond donors (Lipinski definition) is 0. The molecule has 0 radical (unpaired) electrons. The minimum Gasteiger partial charge on any atom is -0.426 e. The average molecular weight is 322 g/mol. The lowest BCUT2D eigenvalue weighted by Gasteiger charge is -2.19. The first-order valence-corrected chi connectivity index (χ1v) is 9.39. The smallest absolute Gasteiger partial charge is 0.314 e. The molecule has 2 heteroatoms. The van der Waals surface area contributed by atoms with Crippen molar-refractivity contribution in [1.82, 2.24) is 0 Å². The Morgan fingerprint density at radius 2 is 1.92 bits per heavy atom. The Hall–Kier alpha value is -1.83. The summed E-state index contributed by atoms with van der Waals surface area (Å²) < 4.78 is 5.72. The van der Waals surface area contributed by atoms with Crippen molar-refractivity contribution in [3.05, 3.63) is 42.0 Å². The molecule has 0 aliphatic heterocycles. The third-order valence-corrected chi connectivity index (χ3v) is 6.28. The highest BCUT2D eigenvalue weighted by Gasteiger charge is 2.44. The largest absolute Gasteiger partial charge is 0.426 e. The van der Waals surface area contributed by atoms with Gasteiger partial charge in [-0.25, -0.2) is 0 Å². The van der Waals surface area contributed by atoms with E-state index in [1.807, 2.05) is 12.1 Å². The molecule has 24 heavy (non-hydrogen) atoms. The van der Waals surface area contributed by atoms with Crippen LogP contribution in [0.25, 0.3) is 10.8 Å². The third-order valence-electron chi connectivity index (χ3n) is 6.28. The van der Waals surface area contributed by atoms with Gasteiger partial charge in [0, 0.05) is 0 Å². The van der Waals surface area contributed by atoms with Crippen LogP contribution in [0.2, 0.25) is 0 Å². The molecule has 0 aromatic heterocycles. The molecule has 0 saturated heterocycles. The topological polar surface area (TPSA) is 26.3 Å².